The normalized spacial score (nSPS) is 20.7. The number of hydrogen-bond donors (Lipinski definition) is 1. The predicted octanol–water partition coefficient (Wildman–Crippen LogP) is 4.39. The van der Waals surface area contributed by atoms with Crippen molar-refractivity contribution in [1.29, 1.82) is 0 Å². The van der Waals surface area contributed by atoms with Gasteiger partial charge in [-0.2, -0.15) is 0 Å². The molecule has 2 fully saturated rings. The van der Waals surface area contributed by atoms with Gasteiger partial charge in [-0.05, 0) is 67.6 Å². The van der Waals surface area contributed by atoms with Gasteiger partial charge in [0.05, 0.1) is 6.10 Å². The Bertz CT molecular complexity index is 766. The second kappa shape index (κ2) is 8.03. The van der Waals surface area contributed by atoms with Crippen LogP contribution in [0.4, 0.5) is 0 Å². The molecule has 26 heavy (non-hydrogen) atoms. The molecule has 1 aliphatic heterocycles. The number of rotatable bonds is 5. The maximum absolute atomic E-state index is 9.62. The van der Waals surface area contributed by atoms with Crippen molar-refractivity contribution in [2.24, 2.45) is 0 Å². The Morgan fingerprint density at radius 3 is 2.77 bits per heavy atom. The molecule has 2 heterocycles. The molecule has 1 aromatic carbocycles. The molecule has 136 valence electrons. The lowest BCUT2D eigenvalue weighted by Crippen LogP contribution is -2.11. The first-order chi connectivity index (χ1) is 12.7. The molecule has 1 unspecified atom stereocenters. The highest BCUT2D eigenvalue weighted by atomic mass is 32.2. The van der Waals surface area contributed by atoms with Crippen LogP contribution in [0.25, 0.3) is 11.1 Å². The Hall–Kier alpha value is -1.50. The van der Waals surface area contributed by atoms with Crippen LogP contribution >= 0.6 is 11.8 Å². The molecule has 2 aromatic rings. The summed E-state index contributed by atoms with van der Waals surface area (Å²) in [7, 11) is -0.657. The lowest BCUT2D eigenvalue weighted by Gasteiger charge is -2.17. The molecular formula is C20H24BNO3S. The predicted molar refractivity (Wildman–Crippen MR) is 106 cm³/mol. The summed E-state index contributed by atoms with van der Waals surface area (Å²) >= 11 is 1.72. The standard InChI is InChI=1S/C20H24BNO3S/c1-26-20-7-6-14(9-19(20)25-18-4-2-3-5-18)15-8-16(12-22-11-15)17-10-21(23)24-13-17/h6-9,11-12,17-18,23H,2-5,10,13H2,1H3. The number of benzene rings is 1. The third kappa shape index (κ3) is 3.92. The third-order valence-corrected chi connectivity index (χ3v) is 6.08. The lowest BCUT2D eigenvalue weighted by atomic mass is 9.80. The van der Waals surface area contributed by atoms with Crippen molar-refractivity contribution < 1.29 is 14.4 Å². The van der Waals surface area contributed by atoms with Crippen molar-refractivity contribution in [2.45, 2.75) is 48.9 Å². The highest BCUT2D eigenvalue weighted by Crippen LogP contribution is 2.36. The van der Waals surface area contributed by atoms with Gasteiger partial charge in [-0.3, -0.25) is 4.98 Å². The first-order valence-corrected chi connectivity index (χ1v) is 10.5. The van der Waals surface area contributed by atoms with E-state index in [1.54, 1.807) is 11.8 Å². The molecule has 0 bridgehead atoms. The maximum Gasteiger partial charge on any atom is 0.454 e. The van der Waals surface area contributed by atoms with Crippen molar-refractivity contribution in [2.75, 3.05) is 12.9 Å². The zero-order valence-electron chi connectivity index (χ0n) is 15.1. The summed E-state index contributed by atoms with van der Waals surface area (Å²) in [5.74, 6) is 1.18. The van der Waals surface area contributed by atoms with Crippen LogP contribution in [0.3, 0.4) is 0 Å². The minimum Gasteiger partial charge on any atom is -0.489 e. The SMILES string of the molecule is CSc1ccc(-c2cncc(C3COB(O)C3)c2)cc1OC1CCCC1. The first kappa shape index (κ1) is 17.9. The van der Waals surface area contributed by atoms with Crippen LogP contribution in [0.1, 0.15) is 37.2 Å². The van der Waals surface area contributed by atoms with Gasteiger partial charge < -0.3 is 14.4 Å². The van der Waals surface area contributed by atoms with Crippen molar-refractivity contribution in [1.82, 2.24) is 4.98 Å². The Labute approximate surface area is 159 Å². The van der Waals surface area contributed by atoms with E-state index in [2.05, 4.69) is 35.5 Å². The van der Waals surface area contributed by atoms with Crippen LogP contribution in [-0.2, 0) is 4.65 Å². The van der Waals surface area contributed by atoms with Crippen LogP contribution in [0.2, 0.25) is 6.32 Å². The second-order valence-corrected chi connectivity index (χ2v) is 7.97. The second-order valence-electron chi connectivity index (χ2n) is 7.12. The Kier molecular flexibility index (Phi) is 5.53. The van der Waals surface area contributed by atoms with Gasteiger partial charge >= 0.3 is 7.12 Å². The van der Waals surface area contributed by atoms with Gasteiger partial charge in [0.1, 0.15) is 5.75 Å². The molecule has 0 radical (unpaired) electrons. The van der Waals surface area contributed by atoms with Gasteiger partial charge in [0.15, 0.2) is 0 Å². The van der Waals surface area contributed by atoms with Crippen LogP contribution in [-0.4, -0.2) is 36.1 Å². The van der Waals surface area contributed by atoms with E-state index < -0.39 is 7.12 Å². The van der Waals surface area contributed by atoms with E-state index >= 15 is 0 Å². The van der Waals surface area contributed by atoms with Gasteiger partial charge in [-0.1, -0.05) is 6.07 Å². The highest BCUT2D eigenvalue weighted by Gasteiger charge is 2.30. The average molecular weight is 369 g/mol. The van der Waals surface area contributed by atoms with Crippen LogP contribution in [0.5, 0.6) is 5.75 Å². The number of aromatic nitrogens is 1. The molecule has 2 aliphatic rings. The van der Waals surface area contributed by atoms with Crippen LogP contribution < -0.4 is 4.74 Å². The van der Waals surface area contributed by atoms with Gasteiger partial charge in [-0.25, -0.2) is 0 Å². The van der Waals surface area contributed by atoms with Gasteiger partial charge in [0.2, 0.25) is 0 Å². The molecule has 1 saturated carbocycles. The molecule has 1 saturated heterocycles. The smallest absolute Gasteiger partial charge is 0.454 e. The molecule has 1 aliphatic carbocycles. The molecule has 1 aromatic heterocycles. The number of nitrogens with zero attached hydrogens (tertiary/aromatic N) is 1. The summed E-state index contributed by atoms with van der Waals surface area (Å²) in [4.78, 5) is 5.60. The fraction of sp³-hybridized carbons (Fsp3) is 0.450. The van der Waals surface area contributed by atoms with E-state index in [4.69, 9.17) is 9.39 Å². The van der Waals surface area contributed by atoms with Crippen molar-refractivity contribution >= 4 is 18.9 Å². The molecule has 0 amide bonds. The topological polar surface area (TPSA) is 51.6 Å². The number of pyridine rings is 1. The lowest BCUT2D eigenvalue weighted by molar-refractivity contribution is 0.205. The molecule has 6 heteroatoms. The number of ether oxygens (including phenoxy) is 1. The average Bonchev–Trinajstić information content (AvgIpc) is 3.33. The highest BCUT2D eigenvalue weighted by molar-refractivity contribution is 7.98. The summed E-state index contributed by atoms with van der Waals surface area (Å²) in [6, 6.07) is 8.57. The van der Waals surface area contributed by atoms with Gasteiger partial charge in [-0.15, -0.1) is 11.8 Å². The van der Waals surface area contributed by atoms with Crippen LogP contribution in [0, 0.1) is 0 Å². The molecule has 4 rings (SSSR count). The fourth-order valence-electron chi connectivity index (χ4n) is 3.81. The minimum atomic E-state index is -0.657. The fourth-order valence-corrected chi connectivity index (χ4v) is 4.32. The Balaban J connectivity index is 1.60. The van der Waals surface area contributed by atoms with E-state index in [1.165, 1.54) is 17.7 Å². The van der Waals surface area contributed by atoms with Crippen molar-refractivity contribution in [3.8, 4) is 16.9 Å². The summed E-state index contributed by atoms with van der Waals surface area (Å²) in [5.41, 5.74) is 3.31. The summed E-state index contributed by atoms with van der Waals surface area (Å²) in [5, 5.41) is 9.62. The minimum absolute atomic E-state index is 0.206. The van der Waals surface area contributed by atoms with Crippen LogP contribution in [0.15, 0.2) is 41.6 Å². The third-order valence-electron chi connectivity index (χ3n) is 5.30. The van der Waals surface area contributed by atoms with Crippen molar-refractivity contribution in [3.05, 3.63) is 42.2 Å². The zero-order chi connectivity index (χ0) is 17.9. The first-order valence-electron chi connectivity index (χ1n) is 9.32. The summed E-state index contributed by atoms with van der Waals surface area (Å²) < 4.78 is 11.6. The molecule has 1 atom stereocenters. The molecule has 1 N–H and O–H groups in total. The van der Waals surface area contributed by atoms with Crippen molar-refractivity contribution in [3.63, 3.8) is 0 Å². The number of thioether (sulfide) groups is 1. The molecule has 4 nitrogen and oxygen atoms in total. The van der Waals surface area contributed by atoms with E-state index in [-0.39, 0.29) is 5.92 Å². The number of hydrogen-bond acceptors (Lipinski definition) is 5. The Morgan fingerprint density at radius 1 is 1.19 bits per heavy atom. The van der Waals surface area contributed by atoms with Gasteiger partial charge in [0.25, 0.3) is 0 Å². The largest absolute Gasteiger partial charge is 0.489 e. The monoisotopic (exact) mass is 369 g/mol. The van der Waals surface area contributed by atoms with E-state index in [0.717, 1.165) is 35.3 Å². The molecular weight excluding hydrogens is 345 g/mol. The summed E-state index contributed by atoms with van der Waals surface area (Å²) in [6.45, 7) is 0.549. The van der Waals surface area contributed by atoms with Gasteiger partial charge in [0, 0.05) is 35.4 Å². The summed E-state index contributed by atoms with van der Waals surface area (Å²) in [6.07, 6.45) is 11.7. The van der Waals surface area contributed by atoms with E-state index in [1.807, 2.05) is 12.4 Å². The Morgan fingerprint density at radius 2 is 2.04 bits per heavy atom. The maximum atomic E-state index is 9.62. The van der Waals surface area contributed by atoms with E-state index in [9.17, 15) is 5.02 Å². The zero-order valence-corrected chi connectivity index (χ0v) is 15.9. The van der Waals surface area contributed by atoms with E-state index in [0.29, 0.717) is 19.0 Å². The quantitative estimate of drug-likeness (QED) is 0.626. The molecule has 0 spiro atoms.